The van der Waals surface area contributed by atoms with Crippen molar-refractivity contribution < 1.29 is 35.1 Å². The summed E-state index contributed by atoms with van der Waals surface area (Å²) in [5, 5.41) is 53.5. The Kier molecular flexibility index (Phi) is 5.32. The largest absolute Gasteiger partial charge is 0.492 e. The molecule has 3 aromatic heterocycles. The van der Waals surface area contributed by atoms with Gasteiger partial charge in [0.1, 0.15) is 37.0 Å². The number of imidazole rings is 2. The van der Waals surface area contributed by atoms with E-state index in [2.05, 4.69) is 25.3 Å². The van der Waals surface area contributed by atoms with Crippen molar-refractivity contribution in [2.45, 2.75) is 36.6 Å². The predicted octanol–water partition coefficient (Wildman–Crippen LogP) is -2.73. The summed E-state index contributed by atoms with van der Waals surface area (Å²) in [6, 6.07) is -1.32. The number of ether oxygens (including phenoxy) is 1. The zero-order chi connectivity index (χ0) is 22.3. The third-order valence-corrected chi connectivity index (χ3v) is 5.30. The normalized spacial score (nSPS) is 27.0. The summed E-state index contributed by atoms with van der Waals surface area (Å²) in [5.41, 5.74) is 0.562. The molecule has 1 aliphatic heterocycles. The van der Waals surface area contributed by atoms with Gasteiger partial charge in [-0.25, -0.2) is 15.0 Å². The number of aryl methyl sites for hydroxylation is 1. The number of aliphatic hydroxyl groups excluding tert-OH is 3. The fourth-order valence-electron chi connectivity index (χ4n) is 3.64. The lowest BCUT2D eigenvalue weighted by Crippen LogP contribution is -2.61. The third kappa shape index (κ3) is 3.39. The van der Waals surface area contributed by atoms with E-state index in [0.717, 1.165) is 17.2 Å². The number of nitrogens with one attached hydrogen (secondary N) is 1. The molecular formula is C17H21N7O7. The summed E-state index contributed by atoms with van der Waals surface area (Å²) < 4.78 is 8.58. The van der Waals surface area contributed by atoms with Crippen LogP contribution in [0.3, 0.4) is 0 Å². The first-order valence-corrected chi connectivity index (χ1v) is 9.26. The molecule has 0 aromatic carbocycles. The van der Waals surface area contributed by atoms with Crippen LogP contribution < -0.4 is 5.32 Å². The molecule has 1 fully saturated rings. The summed E-state index contributed by atoms with van der Waals surface area (Å²) in [7, 11) is 1.70. The van der Waals surface area contributed by atoms with E-state index < -0.39 is 48.7 Å². The lowest BCUT2D eigenvalue weighted by molar-refractivity contribution is -0.180. The average Bonchev–Trinajstić information content (AvgIpc) is 3.42. The first kappa shape index (κ1) is 21.1. The molecule has 4 heterocycles. The monoisotopic (exact) mass is 435 g/mol. The zero-order valence-corrected chi connectivity index (χ0v) is 16.3. The number of rotatable bonds is 7. The lowest BCUT2D eigenvalue weighted by Gasteiger charge is -2.36. The molecule has 0 amide bonds. The van der Waals surface area contributed by atoms with Gasteiger partial charge in [-0.1, -0.05) is 0 Å². The summed E-state index contributed by atoms with van der Waals surface area (Å²) in [4.78, 5) is 27.7. The fraction of sp³-hybridized carbons (Fsp3) is 0.471. The summed E-state index contributed by atoms with van der Waals surface area (Å²) in [6.45, 7) is -0.645. The second-order valence-corrected chi connectivity index (χ2v) is 7.19. The number of aromatic nitrogens is 6. The number of fused-ring (bicyclic) bond motifs is 1. The molecule has 1 saturated heterocycles. The summed E-state index contributed by atoms with van der Waals surface area (Å²) in [5.74, 6) is -3.78. The summed E-state index contributed by atoms with van der Waals surface area (Å²) in [6.07, 6.45) is 0.653. The van der Waals surface area contributed by atoms with Gasteiger partial charge in [-0.3, -0.25) is 14.7 Å². The van der Waals surface area contributed by atoms with Gasteiger partial charge in [0, 0.05) is 25.4 Å². The maximum atomic E-state index is 12.1. The van der Waals surface area contributed by atoms with Crippen molar-refractivity contribution in [1.29, 1.82) is 0 Å². The molecule has 6 N–H and O–H groups in total. The first-order valence-electron chi connectivity index (χ1n) is 9.26. The molecule has 0 spiro atoms. The minimum absolute atomic E-state index is 0.00881. The number of carbonyl (C=O) groups is 1. The van der Waals surface area contributed by atoms with Gasteiger partial charge < -0.3 is 34.8 Å². The minimum atomic E-state index is -2.08. The van der Waals surface area contributed by atoms with Crippen LogP contribution in [-0.4, -0.2) is 91.5 Å². The van der Waals surface area contributed by atoms with E-state index in [9.17, 15) is 30.3 Å². The number of nitrogens with zero attached hydrogens (tertiary/aromatic N) is 6. The van der Waals surface area contributed by atoms with Crippen LogP contribution >= 0.6 is 0 Å². The summed E-state index contributed by atoms with van der Waals surface area (Å²) >= 11 is 0. The van der Waals surface area contributed by atoms with E-state index in [1.807, 2.05) is 0 Å². The van der Waals surface area contributed by atoms with Crippen LogP contribution in [0.4, 0.5) is 0 Å². The number of hydrogen-bond acceptors (Lipinski definition) is 11. The van der Waals surface area contributed by atoms with Gasteiger partial charge in [-0.15, -0.1) is 0 Å². The Morgan fingerprint density at radius 3 is 2.71 bits per heavy atom. The molecule has 0 saturated carbocycles. The van der Waals surface area contributed by atoms with Gasteiger partial charge in [0.2, 0.25) is 11.7 Å². The van der Waals surface area contributed by atoms with Crippen LogP contribution in [0, 0.1) is 0 Å². The first-order chi connectivity index (χ1) is 14.8. The SMILES string of the molecule is Cn1cncc1C[C@H](N[C@@]1(n2cnc3c(O)ncnc32)O[C@H](CO)[C@@H](O)[C@H]1O)C(=O)O. The van der Waals surface area contributed by atoms with Gasteiger partial charge in [0.15, 0.2) is 11.2 Å². The predicted molar refractivity (Wildman–Crippen MR) is 100 cm³/mol. The van der Waals surface area contributed by atoms with Crippen molar-refractivity contribution in [1.82, 2.24) is 34.4 Å². The van der Waals surface area contributed by atoms with Crippen LogP contribution in [0.25, 0.3) is 11.2 Å². The van der Waals surface area contributed by atoms with Crippen LogP contribution in [0.5, 0.6) is 5.88 Å². The van der Waals surface area contributed by atoms with Crippen LogP contribution in [0.1, 0.15) is 5.69 Å². The smallest absolute Gasteiger partial charge is 0.321 e. The molecule has 166 valence electrons. The number of aliphatic hydroxyl groups is 3. The van der Waals surface area contributed by atoms with Crippen LogP contribution in [0.15, 0.2) is 25.2 Å². The highest BCUT2D eigenvalue weighted by Crippen LogP contribution is 2.36. The maximum Gasteiger partial charge on any atom is 0.321 e. The number of carboxylic acid groups (broad SMARTS) is 1. The molecule has 3 aromatic rings. The van der Waals surface area contributed by atoms with Crippen molar-refractivity contribution in [3.05, 3.63) is 30.9 Å². The molecule has 0 bridgehead atoms. The Hall–Kier alpha value is -3.17. The van der Waals surface area contributed by atoms with E-state index >= 15 is 0 Å². The molecule has 0 unspecified atom stereocenters. The Labute approximate surface area is 174 Å². The molecular weight excluding hydrogens is 414 g/mol. The molecule has 0 aliphatic carbocycles. The average molecular weight is 435 g/mol. The molecule has 0 radical (unpaired) electrons. The Bertz CT molecular complexity index is 1100. The van der Waals surface area contributed by atoms with Gasteiger partial charge >= 0.3 is 5.97 Å². The quantitative estimate of drug-likeness (QED) is 0.224. The minimum Gasteiger partial charge on any atom is -0.492 e. The molecule has 5 atom stereocenters. The van der Waals surface area contributed by atoms with Crippen molar-refractivity contribution in [3.8, 4) is 5.88 Å². The standard InChI is InChI=1S/C17H21N7O7/c1-23-6-18-3-8(23)2-9(16(29)30)22-17(13(27)12(26)10(4-25)31-17)24-7-21-11-14(24)19-5-20-15(11)28/h3,5-7,9-10,12-13,22,25-27H,2,4H2,1H3,(H,29,30)(H,19,20,28)/t9-,10+,12+,13+,17-/m0/s1. The highest BCUT2D eigenvalue weighted by molar-refractivity contribution is 5.76. The Morgan fingerprint density at radius 1 is 1.32 bits per heavy atom. The van der Waals surface area contributed by atoms with E-state index in [1.165, 1.54) is 12.5 Å². The number of carboxylic acids is 1. The van der Waals surface area contributed by atoms with Crippen molar-refractivity contribution in [3.63, 3.8) is 0 Å². The fourth-order valence-corrected chi connectivity index (χ4v) is 3.64. The van der Waals surface area contributed by atoms with Crippen molar-refractivity contribution >= 4 is 17.1 Å². The highest BCUT2D eigenvalue weighted by Gasteiger charge is 2.57. The third-order valence-electron chi connectivity index (χ3n) is 5.30. The van der Waals surface area contributed by atoms with Gasteiger partial charge in [-0.2, -0.15) is 4.98 Å². The second-order valence-electron chi connectivity index (χ2n) is 7.19. The molecule has 1 aliphatic rings. The second kappa shape index (κ2) is 7.82. The van der Waals surface area contributed by atoms with Gasteiger partial charge in [-0.05, 0) is 0 Å². The van der Waals surface area contributed by atoms with Crippen LogP contribution in [0.2, 0.25) is 0 Å². The highest BCUT2D eigenvalue weighted by atomic mass is 16.6. The van der Waals surface area contributed by atoms with E-state index in [4.69, 9.17) is 4.74 Å². The van der Waals surface area contributed by atoms with E-state index in [-0.39, 0.29) is 17.6 Å². The molecule has 14 heteroatoms. The number of aromatic hydroxyl groups is 1. The van der Waals surface area contributed by atoms with Crippen LogP contribution in [-0.2, 0) is 28.8 Å². The zero-order valence-electron chi connectivity index (χ0n) is 16.3. The molecule has 31 heavy (non-hydrogen) atoms. The lowest BCUT2D eigenvalue weighted by atomic mass is 10.1. The topological polar surface area (TPSA) is 201 Å². The molecule has 14 nitrogen and oxygen atoms in total. The molecule has 4 rings (SSSR count). The number of aliphatic carboxylic acids is 1. The Balaban J connectivity index is 1.82. The maximum absolute atomic E-state index is 12.1. The van der Waals surface area contributed by atoms with Crippen molar-refractivity contribution in [2.75, 3.05) is 6.61 Å². The number of hydrogen-bond donors (Lipinski definition) is 6. The van der Waals surface area contributed by atoms with Gasteiger partial charge in [0.05, 0.1) is 12.9 Å². The van der Waals surface area contributed by atoms with Gasteiger partial charge in [0.25, 0.3) is 0 Å². The van der Waals surface area contributed by atoms with Crippen molar-refractivity contribution in [2.24, 2.45) is 7.05 Å². The Morgan fingerprint density at radius 2 is 2.10 bits per heavy atom. The van der Waals surface area contributed by atoms with E-state index in [1.54, 1.807) is 11.6 Å². The van der Waals surface area contributed by atoms with E-state index in [0.29, 0.717) is 5.69 Å².